The molecule has 2 N–H and O–H groups in total. The maximum Gasteiger partial charge on any atom is 0.328 e. The zero-order valence-corrected chi connectivity index (χ0v) is 16.6. The number of benzene rings is 1. The number of nitrogens with zero attached hydrogens (tertiary/aromatic N) is 3. The smallest absolute Gasteiger partial charge is 0.328 e. The molecule has 0 radical (unpaired) electrons. The van der Waals surface area contributed by atoms with Crippen LogP contribution in [0, 0.1) is 0 Å². The van der Waals surface area contributed by atoms with Gasteiger partial charge in [-0.05, 0) is 23.3 Å². The number of fused-ring (bicyclic) bond motifs is 1. The first-order valence-corrected chi connectivity index (χ1v) is 9.78. The number of methoxy groups -OCH3 is 1. The van der Waals surface area contributed by atoms with Crippen molar-refractivity contribution in [1.29, 1.82) is 0 Å². The van der Waals surface area contributed by atoms with Crippen LogP contribution in [0.3, 0.4) is 0 Å². The number of pyridine rings is 1. The van der Waals surface area contributed by atoms with Gasteiger partial charge in [0.2, 0.25) is 0 Å². The molecule has 1 aromatic carbocycles. The molecule has 30 heavy (non-hydrogen) atoms. The van der Waals surface area contributed by atoms with Crippen LogP contribution in [0.15, 0.2) is 61.2 Å². The number of H-pyrrole nitrogens is 1. The van der Waals surface area contributed by atoms with Gasteiger partial charge in [-0.1, -0.05) is 30.3 Å². The van der Waals surface area contributed by atoms with Crippen molar-refractivity contribution < 1.29 is 14.3 Å². The van der Waals surface area contributed by atoms with Gasteiger partial charge >= 0.3 is 12.0 Å². The van der Waals surface area contributed by atoms with Gasteiger partial charge in [0.1, 0.15) is 12.1 Å². The summed E-state index contributed by atoms with van der Waals surface area (Å²) in [6, 6.07) is 11.8. The van der Waals surface area contributed by atoms with E-state index in [2.05, 4.69) is 20.3 Å². The summed E-state index contributed by atoms with van der Waals surface area (Å²) in [6.07, 6.45) is 6.04. The Labute approximate surface area is 174 Å². The second-order valence-corrected chi connectivity index (χ2v) is 7.11. The molecule has 3 aromatic rings. The Morgan fingerprint density at radius 2 is 2.00 bits per heavy atom. The topological polar surface area (TPSA) is 100 Å². The average molecular weight is 405 g/mol. The number of hydrogen-bond donors (Lipinski definition) is 2. The first kappa shape index (κ1) is 19.6. The summed E-state index contributed by atoms with van der Waals surface area (Å²) in [6.45, 7) is 0.493. The largest absolute Gasteiger partial charge is 0.467 e. The average Bonchev–Trinajstić information content (AvgIpc) is 3.27. The third kappa shape index (κ3) is 4.03. The van der Waals surface area contributed by atoms with Gasteiger partial charge in [0, 0.05) is 37.5 Å². The molecule has 154 valence electrons. The SMILES string of the molecule is COC(=O)[C@@H](Cc1ccccc1)NC(=O)N1CCc2[nH]cnc2[C@@H]1c1ccncc1. The van der Waals surface area contributed by atoms with Gasteiger partial charge in [-0.3, -0.25) is 4.98 Å². The highest BCUT2D eigenvalue weighted by Crippen LogP contribution is 2.33. The number of imidazole rings is 1. The van der Waals surface area contributed by atoms with E-state index in [-0.39, 0.29) is 12.1 Å². The quantitative estimate of drug-likeness (QED) is 0.634. The summed E-state index contributed by atoms with van der Waals surface area (Å²) in [4.78, 5) is 39.0. The molecule has 4 rings (SSSR count). The molecule has 0 saturated heterocycles. The van der Waals surface area contributed by atoms with Crippen LogP contribution in [0.2, 0.25) is 0 Å². The van der Waals surface area contributed by atoms with Crippen molar-refractivity contribution in [2.45, 2.75) is 24.9 Å². The molecule has 8 heteroatoms. The predicted octanol–water partition coefficient (Wildman–Crippen LogP) is 2.25. The fourth-order valence-electron chi connectivity index (χ4n) is 3.80. The molecular formula is C22H23N5O3. The first-order valence-electron chi connectivity index (χ1n) is 9.78. The van der Waals surface area contributed by atoms with Crippen molar-refractivity contribution in [2.24, 2.45) is 0 Å². The van der Waals surface area contributed by atoms with E-state index in [0.717, 1.165) is 22.5 Å². The Kier molecular flexibility index (Phi) is 5.74. The molecule has 2 aromatic heterocycles. The van der Waals surface area contributed by atoms with E-state index in [1.807, 2.05) is 42.5 Å². The maximum absolute atomic E-state index is 13.3. The first-order chi connectivity index (χ1) is 14.7. The predicted molar refractivity (Wildman–Crippen MR) is 110 cm³/mol. The highest BCUT2D eigenvalue weighted by atomic mass is 16.5. The number of rotatable bonds is 5. The fraction of sp³-hybridized carbons (Fsp3) is 0.273. The number of hydrogen-bond acceptors (Lipinski definition) is 5. The van der Waals surface area contributed by atoms with Crippen LogP contribution < -0.4 is 5.32 Å². The standard InChI is InChI=1S/C22H23N5O3/c1-30-21(28)18(13-15-5-3-2-4-6-15)26-22(29)27-12-9-17-19(25-14-24-17)20(27)16-7-10-23-11-8-16/h2-8,10-11,14,18,20H,9,12-13H2,1H3,(H,24,25)(H,26,29)/t18-,20+/m1/s1. The zero-order chi connectivity index (χ0) is 20.9. The molecule has 0 spiro atoms. The summed E-state index contributed by atoms with van der Waals surface area (Å²) in [5.74, 6) is -0.481. The van der Waals surface area contributed by atoms with E-state index in [9.17, 15) is 9.59 Å². The molecule has 8 nitrogen and oxygen atoms in total. The third-order valence-corrected chi connectivity index (χ3v) is 5.27. The van der Waals surface area contributed by atoms with Crippen molar-refractivity contribution in [3.8, 4) is 0 Å². The molecule has 1 aliphatic rings. The minimum Gasteiger partial charge on any atom is -0.467 e. The summed E-state index contributed by atoms with van der Waals surface area (Å²) in [5.41, 5.74) is 3.66. The number of esters is 1. The van der Waals surface area contributed by atoms with Crippen LogP contribution in [0.5, 0.6) is 0 Å². The van der Waals surface area contributed by atoms with Crippen molar-refractivity contribution in [2.75, 3.05) is 13.7 Å². The van der Waals surface area contributed by atoms with E-state index < -0.39 is 12.0 Å². The van der Waals surface area contributed by atoms with Gasteiger partial charge in [-0.2, -0.15) is 0 Å². The van der Waals surface area contributed by atoms with Crippen molar-refractivity contribution in [1.82, 2.24) is 25.2 Å². The Balaban J connectivity index is 1.59. The number of urea groups is 1. The lowest BCUT2D eigenvalue weighted by atomic mass is 9.96. The molecule has 2 amide bonds. The Morgan fingerprint density at radius 3 is 2.73 bits per heavy atom. The number of nitrogens with one attached hydrogen (secondary N) is 2. The van der Waals surface area contributed by atoms with Crippen LogP contribution in [-0.4, -0.2) is 51.5 Å². The number of ether oxygens (including phenoxy) is 1. The van der Waals surface area contributed by atoms with E-state index >= 15 is 0 Å². The molecule has 0 fully saturated rings. The lowest BCUT2D eigenvalue weighted by Gasteiger charge is -2.36. The van der Waals surface area contributed by atoms with Crippen LogP contribution in [0.4, 0.5) is 4.79 Å². The van der Waals surface area contributed by atoms with Crippen molar-refractivity contribution >= 4 is 12.0 Å². The van der Waals surface area contributed by atoms with Crippen LogP contribution >= 0.6 is 0 Å². The number of carbonyl (C=O) groups excluding carboxylic acids is 2. The highest BCUT2D eigenvalue weighted by Gasteiger charge is 2.35. The van der Waals surface area contributed by atoms with E-state index in [4.69, 9.17) is 4.74 Å². The highest BCUT2D eigenvalue weighted by molar-refractivity contribution is 5.84. The van der Waals surface area contributed by atoms with Gasteiger partial charge < -0.3 is 19.9 Å². The van der Waals surface area contributed by atoms with E-state index in [0.29, 0.717) is 19.4 Å². The summed E-state index contributed by atoms with van der Waals surface area (Å²) >= 11 is 0. The van der Waals surface area contributed by atoms with Crippen molar-refractivity contribution in [3.63, 3.8) is 0 Å². The van der Waals surface area contributed by atoms with Crippen molar-refractivity contribution in [3.05, 3.63) is 83.7 Å². The lowest BCUT2D eigenvalue weighted by molar-refractivity contribution is -0.142. The normalized spacial score (nSPS) is 16.4. The van der Waals surface area contributed by atoms with Crippen LogP contribution in [0.1, 0.15) is 28.6 Å². The maximum atomic E-state index is 13.3. The number of amides is 2. The number of carbonyl (C=O) groups is 2. The van der Waals surface area contributed by atoms with Gasteiger partial charge in [0.15, 0.2) is 0 Å². The zero-order valence-electron chi connectivity index (χ0n) is 16.6. The van der Waals surface area contributed by atoms with Gasteiger partial charge in [0.05, 0.1) is 19.1 Å². The minimum atomic E-state index is -0.788. The van der Waals surface area contributed by atoms with Gasteiger partial charge in [0.25, 0.3) is 0 Å². The number of aromatic amines is 1. The fourth-order valence-corrected chi connectivity index (χ4v) is 3.80. The molecule has 0 unspecified atom stereocenters. The molecule has 2 atom stereocenters. The Bertz CT molecular complexity index is 1010. The van der Waals surface area contributed by atoms with Gasteiger partial charge in [-0.15, -0.1) is 0 Å². The molecular weight excluding hydrogens is 382 g/mol. The second-order valence-electron chi connectivity index (χ2n) is 7.11. The Hall–Kier alpha value is -3.68. The van der Waals surface area contributed by atoms with Gasteiger partial charge in [-0.25, -0.2) is 14.6 Å². The Morgan fingerprint density at radius 1 is 1.23 bits per heavy atom. The molecule has 0 aliphatic carbocycles. The number of aromatic nitrogens is 3. The lowest BCUT2D eigenvalue weighted by Crippen LogP contribution is -2.52. The molecule has 0 bridgehead atoms. The van der Waals surface area contributed by atoms with Crippen LogP contribution in [-0.2, 0) is 22.4 Å². The molecule has 0 saturated carbocycles. The van der Waals surface area contributed by atoms with Crippen LogP contribution in [0.25, 0.3) is 0 Å². The van der Waals surface area contributed by atoms with E-state index in [1.54, 1.807) is 23.6 Å². The third-order valence-electron chi connectivity index (χ3n) is 5.27. The monoisotopic (exact) mass is 405 g/mol. The summed E-state index contributed by atoms with van der Waals surface area (Å²) < 4.78 is 4.93. The summed E-state index contributed by atoms with van der Waals surface area (Å²) in [5, 5.41) is 2.87. The molecule has 1 aliphatic heterocycles. The molecule has 3 heterocycles. The van der Waals surface area contributed by atoms with E-state index in [1.165, 1.54) is 7.11 Å². The minimum absolute atomic E-state index is 0.336. The second kappa shape index (κ2) is 8.77. The summed E-state index contributed by atoms with van der Waals surface area (Å²) in [7, 11) is 1.32.